The van der Waals surface area contributed by atoms with Crippen LogP contribution in [0.5, 0.6) is 0 Å². The van der Waals surface area contributed by atoms with Gasteiger partial charge in [-0.15, -0.1) is 0 Å². The van der Waals surface area contributed by atoms with Crippen LogP contribution in [0.2, 0.25) is 0 Å². The average Bonchev–Trinajstić information content (AvgIpc) is 2.92. The van der Waals surface area contributed by atoms with Gasteiger partial charge in [-0.05, 0) is 42.8 Å². The summed E-state index contributed by atoms with van der Waals surface area (Å²) in [5.74, 6) is -0.750. The van der Waals surface area contributed by atoms with Crippen molar-refractivity contribution < 1.29 is 13.2 Å². The second-order valence-electron chi connectivity index (χ2n) is 6.12. The third-order valence-corrected chi connectivity index (χ3v) is 4.52. The molecule has 0 saturated carbocycles. The summed E-state index contributed by atoms with van der Waals surface area (Å²) in [6.45, 7) is 1.78. The highest BCUT2D eigenvalue weighted by Crippen LogP contribution is 2.16. The molecule has 1 amide bonds. The number of hydrogen-bond acceptors (Lipinski definition) is 4. The van der Waals surface area contributed by atoms with Crippen LogP contribution in [0.1, 0.15) is 21.6 Å². The van der Waals surface area contributed by atoms with Crippen molar-refractivity contribution in [1.82, 2.24) is 9.55 Å². The molecule has 3 aromatic rings. The summed E-state index contributed by atoms with van der Waals surface area (Å²) >= 11 is 0. The van der Waals surface area contributed by atoms with Crippen molar-refractivity contribution in [3.63, 3.8) is 0 Å². The maximum Gasteiger partial charge on any atom is 0.330 e. The Kier molecular flexibility index (Phi) is 4.98. The lowest BCUT2D eigenvalue weighted by molar-refractivity contribution is 0.102. The Balaban J connectivity index is 1.83. The van der Waals surface area contributed by atoms with Gasteiger partial charge in [0.1, 0.15) is 0 Å². The second-order valence-corrected chi connectivity index (χ2v) is 7.74. The first kappa shape index (κ1) is 18.6. The fourth-order valence-corrected chi connectivity index (χ4v) is 3.32. The molecule has 0 spiro atoms. The van der Waals surface area contributed by atoms with Crippen LogP contribution in [0.4, 0.5) is 5.69 Å². The predicted octanol–water partition coefficient (Wildman–Crippen LogP) is 1.51. The van der Waals surface area contributed by atoms with E-state index in [-0.39, 0.29) is 11.4 Å². The molecule has 1 aromatic heterocycles. The van der Waals surface area contributed by atoms with Crippen LogP contribution in [-0.4, -0.2) is 23.9 Å². The third kappa shape index (κ3) is 4.72. The van der Waals surface area contributed by atoms with Gasteiger partial charge in [-0.25, -0.2) is 18.4 Å². The van der Waals surface area contributed by atoms with Crippen molar-refractivity contribution in [2.45, 2.75) is 12.7 Å². The molecule has 0 aliphatic rings. The Morgan fingerprint density at radius 3 is 2.59 bits per heavy atom. The van der Waals surface area contributed by atoms with Gasteiger partial charge in [0.25, 0.3) is 5.91 Å². The van der Waals surface area contributed by atoms with Crippen LogP contribution < -0.4 is 16.1 Å². The molecule has 1 heterocycles. The van der Waals surface area contributed by atoms with Gasteiger partial charge in [0.2, 0.25) is 10.0 Å². The van der Waals surface area contributed by atoms with E-state index < -0.39 is 15.9 Å². The van der Waals surface area contributed by atoms with Crippen LogP contribution in [0.3, 0.4) is 0 Å². The molecule has 0 unspecified atom stereocenters. The van der Waals surface area contributed by atoms with Crippen molar-refractivity contribution in [2.75, 3.05) is 5.32 Å². The number of imidazole rings is 1. The molecule has 140 valence electrons. The summed E-state index contributed by atoms with van der Waals surface area (Å²) in [7, 11) is -3.68. The van der Waals surface area contributed by atoms with Crippen LogP contribution >= 0.6 is 0 Å². The maximum absolute atomic E-state index is 12.5. The molecular formula is C18H18N4O4S. The summed E-state index contributed by atoms with van der Waals surface area (Å²) in [5.41, 5.74) is 2.28. The third-order valence-electron chi connectivity index (χ3n) is 3.78. The standard InChI is InChI=1S/C18H18N4O4S/c1-12-10-22(18(24)20-12)16-7-3-6-15(9-16)21-17(23)14-5-2-4-13(8-14)11-27(19,25)26/h2-10H,11H2,1H3,(H,20,24)(H,21,23)(H2,19,25,26). The van der Waals surface area contributed by atoms with E-state index in [0.29, 0.717) is 22.5 Å². The number of benzene rings is 2. The zero-order valence-electron chi connectivity index (χ0n) is 14.5. The normalized spacial score (nSPS) is 11.3. The van der Waals surface area contributed by atoms with E-state index in [1.807, 2.05) is 0 Å². The molecule has 0 aliphatic carbocycles. The molecule has 4 N–H and O–H groups in total. The largest absolute Gasteiger partial charge is 0.330 e. The lowest BCUT2D eigenvalue weighted by atomic mass is 10.1. The highest BCUT2D eigenvalue weighted by Gasteiger charge is 2.11. The highest BCUT2D eigenvalue weighted by atomic mass is 32.2. The Hall–Kier alpha value is -3.17. The summed E-state index contributed by atoms with van der Waals surface area (Å²) < 4.78 is 23.9. The van der Waals surface area contributed by atoms with Gasteiger partial charge in [-0.2, -0.15) is 0 Å². The summed E-state index contributed by atoms with van der Waals surface area (Å²) in [6, 6.07) is 13.1. The molecule has 27 heavy (non-hydrogen) atoms. The number of amides is 1. The first-order valence-corrected chi connectivity index (χ1v) is 9.72. The summed E-state index contributed by atoms with van der Waals surface area (Å²) in [6.07, 6.45) is 1.67. The number of nitrogens with zero attached hydrogens (tertiary/aromatic N) is 1. The van der Waals surface area contributed by atoms with E-state index in [1.165, 1.54) is 10.6 Å². The molecule has 9 heteroatoms. The van der Waals surface area contributed by atoms with Crippen molar-refractivity contribution in [3.8, 4) is 5.69 Å². The number of primary sulfonamides is 1. The fraction of sp³-hybridized carbons (Fsp3) is 0.111. The number of anilines is 1. The SMILES string of the molecule is Cc1cn(-c2cccc(NC(=O)c3cccc(CS(N)(=O)=O)c3)c2)c(=O)[nH]1. The Morgan fingerprint density at radius 1 is 1.19 bits per heavy atom. The van der Waals surface area contributed by atoms with Gasteiger partial charge >= 0.3 is 5.69 Å². The van der Waals surface area contributed by atoms with Crippen LogP contribution in [0.15, 0.2) is 59.5 Å². The number of nitrogens with one attached hydrogen (secondary N) is 2. The van der Waals surface area contributed by atoms with E-state index in [1.54, 1.807) is 55.6 Å². The van der Waals surface area contributed by atoms with Crippen molar-refractivity contribution in [3.05, 3.63) is 82.0 Å². The molecule has 0 fully saturated rings. The summed E-state index contributed by atoms with van der Waals surface area (Å²) in [5, 5.41) is 7.78. The zero-order valence-corrected chi connectivity index (χ0v) is 15.3. The maximum atomic E-state index is 12.5. The van der Waals surface area contributed by atoms with E-state index in [2.05, 4.69) is 10.3 Å². The van der Waals surface area contributed by atoms with Gasteiger partial charge in [0.15, 0.2) is 0 Å². The molecule has 0 aliphatic heterocycles. The lowest BCUT2D eigenvalue weighted by Crippen LogP contribution is -2.16. The predicted molar refractivity (Wildman–Crippen MR) is 102 cm³/mol. The van der Waals surface area contributed by atoms with Crippen LogP contribution in [0.25, 0.3) is 5.69 Å². The van der Waals surface area contributed by atoms with Crippen molar-refractivity contribution >= 4 is 21.6 Å². The van der Waals surface area contributed by atoms with E-state index in [4.69, 9.17) is 5.14 Å². The Bertz CT molecular complexity index is 1160. The minimum atomic E-state index is -3.68. The lowest BCUT2D eigenvalue weighted by Gasteiger charge is -2.09. The number of aromatic amines is 1. The number of aryl methyl sites for hydroxylation is 1. The first-order valence-electron chi connectivity index (χ1n) is 8.01. The monoisotopic (exact) mass is 386 g/mol. The van der Waals surface area contributed by atoms with E-state index in [9.17, 15) is 18.0 Å². The Labute approximate surface area is 155 Å². The average molecular weight is 386 g/mol. The van der Waals surface area contributed by atoms with Crippen LogP contribution in [0, 0.1) is 6.92 Å². The number of sulfonamides is 1. The van der Waals surface area contributed by atoms with Gasteiger partial charge < -0.3 is 10.3 Å². The molecule has 8 nitrogen and oxygen atoms in total. The van der Waals surface area contributed by atoms with Gasteiger partial charge in [0.05, 0.1) is 11.4 Å². The van der Waals surface area contributed by atoms with Gasteiger partial charge in [0, 0.05) is 23.1 Å². The summed E-state index contributed by atoms with van der Waals surface area (Å²) in [4.78, 5) is 27.1. The zero-order chi connectivity index (χ0) is 19.6. The molecule has 0 saturated heterocycles. The smallest absolute Gasteiger partial charge is 0.322 e. The second kappa shape index (κ2) is 7.22. The minimum Gasteiger partial charge on any atom is -0.322 e. The minimum absolute atomic E-state index is 0.272. The van der Waals surface area contributed by atoms with Gasteiger partial charge in [-0.1, -0.05) is 18.2 Å². The Morgan fingerprint density at radius 2 is 1.93 bits per heavy atom. The topological polar surface area (TPSA) is 127 Å². The number of nitrogens with two attached hydrogens (primary N) is 1. The number of carbonyl (C=O) groups excluding carboxylic acids is 1. The number of hydrogen-bond donors (Lipinski definition) is 3. The quantitative estimate of drug-likeness (QED) is 0.614. The van der Waals surface area contributed by atoms with E-state index in [0.717, 1.165) is 5.69 Å². The highest BCUT2D eigenvalue weighted by molar-refractivity contribution is 7.88. The first-order chi connectivity index (χ1) is 12.7. The number of carbonyl (C=O) groups is 1. The number of rotatable bonds is 5. The van der Waals surface area contributed by atoms with Crippen molar-refractivity contribution in [2.24, 2.45) is 5.14 Å². The molecule has 0 bridgehead atoms. The number of aromatic nitrogens is 2. The number of H-pyrrole nitrogens is 1. The molecule has 2 aromatic carbocycles. The molecule has 3 rings (SSSR count). The van der Waals surface area contributed by atoms with Crippen molar-refractivity contribution in [1.29, 1.82) is 0 Å². The molecule has 0 radical (unpaired) electrons. The van der Waals surface area contributed by atoms with Crippen LogP contribution in [-0.2, 0) is 15.8 Å². The molecule has 0 atom stereocenters. The molecular weight excluding hydrogens is 368 g/mol. The van der Waals surface area contributed by atoms with Gasteiger partial charge in [-0.3, -0.25) is 9.36 Å². The van der Waals surface area contributed by atoms with E-state index >= 15 is 0 Å². The fourth-order valence-electron chi connectivity index (χ4n) is 2.68.